The minimum Gasteiger partial charge on any atom is -0.295 e. The van der Waals surface area contributed by atoms with Crippen LogP contribution in [0.15, 0.2) is 36.4 Å². The molecule has 0 aromatic heterocycles. The number of carbonyl (C=O) groups excluding carboxylic acids is 2. The van der Waals surface area contributed by atoms with E-state index < -0.39 is 0 Å². The van der Waals surface area contributed by atoms with Crippen LogP contribution in [-0.2, 0) is 9.59 Å². The molecule has 1 aromatic rings. The maximum absolute atomic E-state index is 10.5. The highest BCUT2D eigenvalue weighted by Crippen LogP contribution is 1.99. The number of rotatable bonds is 3. The monoisotopic (exact) mass is 262 g/mol. The summed E-state index contributed by atoms with van der Waals surface area (Å²) in [6, 6.07) is 8.48. The van der Waals surface area contributed by atoms with Gasteiger partial charge in [0.2, 0.25) is 0 Å². The zero-order valence-corrected chi connectivity index (χ0v) is 13.0. The Hall–Kier alpha value is -1.70. The van der Waals surface area contributed by atoms with Gasteiger partial charge >= 0.3 is 0 Å². The van der Waals surface area contributed by atoms with Gasteiger partial charge < -0.3 is 0 Å². The molecule has 1 rings (SSSR count). The van der Waals surface area contributed by atoms with E-state index in [2.05, 4.69) is 38.1 Å². The molecule has 0 aliphatic carbocycles. The first-order valence-electron chi connectivity index (χ1n) is 6.70. The van der Waals surface area contributed by atoms with Crippen molar-refractivity contribution < 1.29 is 9.59 Å². The van der Waals surface area contributed by atoms with Crippen molar-refractivity contribution in [2.24, 2.45) is 0 Å². The lowest BCUT2D eigenvalue weighted by atomic mass is 10.2. The van der Waals surface area contributed by atoms with Gasteiger partial charge in [0, 0.05) is 6.42 Å². The number of benzene rings is 1. The lowest BCUT2D eigenvalue weighted by Crippen LogP contribution is -1.89. The summed E-state index contributed by atoms with van der Waals surface area (Å²) in [6.45, 7) is 11.4. The van der Waals surface area contributed by atoms with Gasteiger partial charge in [0.05, 0.1) is 0 Å². The van der Waals surface area contributed by atoms with Crippen LogP contribution in [0.2, 0.25) is 0 Å². The van der Waals surface area contributed by atoms with Crippen molar-refractivity contribution >= 4 is 11.6 Å². The second-order valence-corrected chi connectivity index (χ2v) is 3.92. The van der Waals surface area contributed by atoms with Gasteiger partial charge in [-0.15, -0.1) is 0 Å². The van der Waals surface area contributed by atoms with Gasteiger partial charge in [-0.1, -0.05) is 56.2 Å². The van der Waals surface area contributed by atoms with E-state index in [1.807, 2.05) is 13.8 Å². The van der Waals surface area contributed by atoms with Gasteiger partial charge in [-0.25, -0.2) is 0 Å². The first-order valence-corrected chi connectivity index (χ1v) is 6.70. The fourth-order valence-electron chi connectivity index (χ4n) is 0.965. The average molecular weight is 262 g/mol. The molecule has 0 saturated heterocycles. The van der Waals surface area contributed by atoms with Crippen molar-refractivity contribution in [3.63, 3.8) is 0 Å². The molecule has 0 amide bonds. The van der Waals surface area contributed by atoms with Crippen LogP contribution < -0.4 is 0 Å². The smallest absolute Gasteiger partial charge is 0.155 e. The molecule has 0 unspecified atom stereocenters. The first-order chi connectivity index (χ1) is 8.95. The van der Waals surface area contributed by atoms with Gasteiger partial charge in [-0.2, -0.15) is 0 Å². The molecule has 19 heavy (non-hydrogen) atoms. The van der Waals surface area contributed by atoms with Gasteiger partial charge in [0.15, 0.2) is 11.6 Å². The van der Waals surface area contributed by atoms with Gasteiger partial charge in [-0.3, -0.25) is 9.59 Å². The second kappa shape index (κ2) is 12.7. The number of hydrogen-bond acceptors (Lipinski definition) is 2. The highest BCUT2D eigenvalue weighted by atomic mass is 16.1. The van der Waals surface area contributed by atoms with E-state index in [1.54, 1.807) is 6.92 Å². The molecule has 0 heterocycles. The summed E-state index contributed by atoms with van der Waals surface area (Å²) < 4.78 is 0. The van der Waals surface area contributed by atoms with E-state index in [0.29, 0.717) is 6.42 Å². The molecule has 0 saturated carbocycles. The molecular formula is C17H26O2. The Morgan fingerprint density at radius 1 is 0.947 bits per heavy atom. The van der Waals surface area contributed by atoms with E-state index in [4.69, 9.17) is 0 Å². The highest BCUT2D eigenvalue weighted by molar-refractivity contribution is 5.97. The van der Waals surface area contributed by atoms with Crippen LogP contribution >= 0.6 is 0 Å². The Kier molecular flexibility index (Phi) is 13.2. The summed E-state index contributed by atoms with van der Waals surface area (Å²) in [5, 5.41) is 0. The van der Waals surface area contributed by atoms with Crippen LogP contribution in [0.4, 0.5) is 0 Å². The molecule has 0 aliphatic rings. The fraction of sp³-hybridized carbons (Fsp3) is 0.412. The topological polar surface area (TPSA) is 34.1 Å². The molecule has 0 atom stereocenters. The van der Waals surface area contributed by atoms with Crippen molar-refractivity contribution in [2.75, 3.05) is 0 Å². The minimum absolute atomic E-state index is 0.00907. The Bertz CT molecular complexity index is 365. The zero-order chi connectivity index (χ0) is 15.3. The molecule has 0 spiro atoms. The predicted molar refractivity (Wildman–Crippen MR) is 82.4 cm³/mol. The molecular weight excluding hydrogens is 236 g/mol. The van der Waals surface area contributed by atoms with Gasteiger partial charge in [-0.05, 0) is 32.9 Å². The largest absolute Gasteiger partial charge is 0.295 e. The number of carbonyl (C=O) groups is 2. The second-order valence-electron chi connectivity index (χ2n) is 3.92. The number of allylic oxidation sites excluding steroid dienone is 2. The number of aryl methyl sites for hydroxylation is 2. The summed E-state index contributed by atoms with van der Waals surface area (Å²) in [5.41, 5.74) is 2.66. The average Bonchev–Trinajstić information content (AvgIpc) is 2.42. The summed E-state index contributed by atoms with van der Waals surface area (Å²) >= 11 is 0. The molecule has 0 fully saturated rings. The third-order valence-electron chi connectivity index (χ3n) is 2.07. The van der Waals surface area contributed by atoms with Crippen molar-refractivity contribution in [2.45, 2.75) is 48.0 Å². The molecule has 1 aromatic carbocycles. The van der Waals surface area contributed by atoms with E-state index in [9.17, 15) is 9.59 Å². The van der Waals surface area contributed by atoms with Crippen molar-refractivity contribution in [3.05, 3.63) is 47.5 Å². The SMILES string of the molecule is CC.CCC(=O)/C=C\C(C)=O.Cc1ccc(C)cc1. The van der Waals surface area contributed by atoms with Crippen LogP contribution in [0.5, 0.6) is 0 Å². The molecule has 0 bridgehead atoms. The highest BCUT2D eigenvalue weighted by Gasteiger charge is 1.89. The van der Waals surface area contributed by atoms with E-state index in [-0.39, 0.29) is 11.6 Å². The molecule has 0 radical (unpaired) electrons. The standard InChI is InChI=1S/C8H10.C7H10O2.C2H6/c1-7-3-5-8(2)6-4-7;1-3-7(9)5-4-6(2)8;1-2/h3-6H,1-2H3;4-5H,3H2,1-2H3;1-2H3/b;5-4-;. The molecule has 0 aliphatic heterocycles. The summed E-state index contributed by atoms with van der Waals surface area (Å²) in [5.74, 6) is -0.0954. The lowest BCUT2D eigenvalue weighted by Gasteiger charge is -1.90. The summed E-state index contributed by atoms with van der Waals surface area (Å²) in [4.78, 5) is 20.7. The Balaban J connectivity index is 0. The molecule has 2 nitrogen and oxygen atoms in total. The van der Waals surface area contributed by atoms with E-state index in [1.165, 1.54) is 30.2 Å². The van der Waals surface area contributed by atoms with Crippen LogP contribution in [0, 0.1) is 13.8 Å². The summed E-state index contributed by atoms with van der Waals surface area (Å²) in [6.07, 6.45) is 3.05. The van der Waals surface area contributed by atoms with Gasteiger partial charge in [0.25, 0.3) is 0 Å². The number of ketones is 2. The Morgan fingerprint density at radius 2 is 1.32 bits per heavy atom. The molecule has 106 valence electrons. The van der Waals surface area contributed by atoms with Crippen LogP contribution in [-0.4, -0.2) is 11.6 Å². The van der Waals surface area contributed by atoms with Crippen LogP contribution in [0.1, 0.15) is 45.2 Å². The predicted octanol–water partition coefficient (Wildman–Crippen LogP) is 4.44. The quantitative estimate of drug-likeness (QED) is 0.755. The lowest BCUT2D eigenvalue weighted by molar-refractivity contribution is -0.115. The molecule has 0 N–H and O–H groups in total. The fourth-order valence-corrected chi connectivity index (χ4v) is 0.965. The van der Waals surface area contributed by atoms with E-state index in [0.717, 1.165) is 0 Å². The van der Waals surface area contributed by atoms with Crippen molar-refractivity contribution in [3.8, 4) is 0 Å². The normalized spacial score (nSPS) is 8.95. The van der Waals surface area contributed by atoms with Crippen LogP contribution in [0.25, 0.3) is 0 Å². The maximum Gasteiger partial charge on any atom is 0.155 e. The third-order valence-corrected chi connectivity index (χ3v) is 2.07. The zero-order valence-electron chi connectivity index (χ0n) is 13.0. The Morgan fingerprint density at radius 3 is 1.58 bits per heavy atom. The van der Waals surface area contributed by atoms with Crippen LogP contribution in [0.3, 0.4) is 0 Å². The first kappa shape index (κ1) is 19.6. The number of hydrogen-bond donors (Lipinski definition) is 0. The summed E-state index contributed by atoms with van der Waals surface area (Å²) in [7, 11) is 0. The van der Waals surface area contributed by atoms with Crippen molar-refractivity contribution in [1.29, 1.82) is 0 Å². The molecule has 2 heteroatoms. The van der Waals surface area contributed by atoms with Crippen molar-refractivity contribution in [1.82, 2.24) is 0 Å². The van der Waals surface area contributed by atoms with Gasteiger partial charge in [0.1, 0.15) is 0 Å². The Labute approximate surface area is 117 Å². The maximum atomic E-state index is 10.5. The van der Waals surface area contributed by atoms with E-state index >= 15 is 0 Å². The minimum atomic E-state index is -0.0863. The third kappa shape index (κ3) is 14.2.